The molecule has 1 aliphatic heterocycles. The van der Waals surface area contributed by atoms with Crippen LogP contribution in [0.4, 0.5) is 0 Å². The number of nitrogens with zero attached hydrogens (tertiary/aromatic N) is 1. The van der Waals surface area contributed by atoms with Gasteiger partial charge < -0.3 is 10.1 Å². The minimum atomic E-state index is 0.123. The maximum absolute atomic E-state index is 12.0. The Labute approximate surface area is 125 Å². The van der Waals surface area contributed by atoms with Crippen molar-refractivity contribution >= 4 is 17.2 Å². The van der Waals surface area contributed by atoms with Crippen LogP contribution in [-0.2, 0) is 16.0 Å². The van der Waals surface area contributed by atoms with Crippen molar-refractivity contribution in [1.82, 2.24) is 10.2 Å². The number of carbonyl (C=O) groups excluding carboxylic acids is 1. The SMILES string of the molecule is CC[C@@H]1c2ccsc2CCN1CC(=O)NCCCOC. The molecule has 0 aliphatic carbocycles. The van der Waals surface area contributed by atoms with Crippen LogP contribution >= 0.6 is 11.3 Å². The molecule has 112 valence electrons. The highest BCUT2D eigenvalue weighted by atomic mass is 32.1. The van der Waals surface area contributed by atoms with E-state index >= 15 is 0 Å². The molecule has 0 saturated carbocycles. The van der Waals surface area contributed by atoms with E-state index in [9.17, 15) is 4.79 Å². The van der Waals surface area contributed by atoms with Gasteiger partial charge in [-0.2, -0.15) is 0 Å². The molecule has 0 bridgehead atoms. The third-order valence-corrected chi connectivity index (χ3v) is 4.78. The molecular weight excluding hydrogens is 272 g/mol. The van der Waals surface area contributed by atoms with E-state index in [1.807, 2.05) is 11.3 Å². The van der Waals surface area contributed by atoms with Crippen molar-refractivity contribution in [3.8, 4) is 0 Å². The van der Waals surface area contributed by atoms with Gasteiger partial charge >= 0.3 is 0 Å². The highest BCUT2D eigenvalue weighted by Gasteiger charge is 2.27. The molecule has 1 aliphatic rings. The molecule has 1 aromatic rings. The fourth-order valence-corrected chi connectivity index (χ4v) is 3.73. The van der Waals surface area contributed by atoms with Gasteiger partial charge in [0.1, 0.15) is 0 Å². The first-order valence-corrected chi connectivity index (χ1v) is 8.20. The molecule has 0 aromatic carbocycles. The van der Waals surface area contributed by atoms with Crippen molar-refractivity contribution in [3.63, 3.8) is 0 Å². The van der Waals surface area contributed by atoms with Crippen molar-refractivity contribution < 1.29 is 9.53 Å². The van der Waals surface area contributed by atoms with Crippen LogP contribution in [-0.4, -0.2) is 44.2 Å². The number of nitrogens with one attached hydrogen (secondary N) is 1. The number of rotatable bonds is 7. The highest BCUT2D eigenvalue weighted by molar-refractivity contribution is 7.10. The Morgan fingerprint density at radius 3 is 3.20 bits per heavy atom. The maximum Gasteiger partial charge on any atom is 0.234 e. The summed E-state index contributed by atoms with van der Waals surface area (Å²) in [5.41, 5.74) is 1.43. The molecule has 1 atom stereocenters. The Bertz CT molecular complexity index is 433. The highest BCUT2D eigenvalue weighted by Crippen LogP contribution is 2.34. The van der Waals surface area contributed by atoms with Crippen LogP contribution in [0.15, 0.2) is 11.4 Å². The summed E-state index contributed by atoms with van der Waals surface area (Å²) in [6, 6.07) is 2.62. The van der Waals surface area contributed by atoms with Gasteiger partial charge in [0, 0.05) is 37.7 Å². The molecule has 0 saturated heterocycles. The van der Waals surface area contributed by atoms with E-state index in [2.05, 4.69) is 28.6 Å². The predicted molar refractivity (Wildman–Crippen MR) is 82.1 cm³/mol. The van der Waals surface area contributed by atoms with Gasteiger partial charge in [0.2, 0.25) is 5.91 Å². The number of ether oxygens (including phenoxy) is 1. The Hall–Kier alpha value is -0.910. The van der Waals surface area contributed by atoms with Crippen molar-refractivity contribution in [2.45, 2.75) is 32.2 Å². The molecule has 1 aromatic heterocycles. The quantitative estimate of drug-likeness (QED) is 0.784. The summed E-state index contributed by atoms with van der Waals surface area (Å²) >= 11 is 1.84. The average Bonchev–Trinajstić information content (AvgIpc) is 2.92. The number of hydrogen-bond donors (Lipinski definition) is 1. The monoisotopic (exact) mass is 296 g/mol. The van der Waals surface area contributed by atoms with Gasteiger partial charge in [0.15, 0.2) is 0 Å². The minimum Gasteiger partial charge on any atom is -0.385 e. The van der Waals surface area contributed by atoms with Gasteiger partial charge in [-0.1, -0.05) is 6.92 Å². The number of amides is 1. The van der Waals surface area contributed by atoms with Gasteiger partial charge in [-0.05, 0) is 36.3 Å². The molecule has 2 rings (SSSR count). The molecule has 0 radical (unpaired) electrons. The zero-order chi connectivity index (χ0) is 14.4. The summed E-state index contributed by atoms with van der Waals surface area (Å²) < 4.78 is 4.98. The number of carbonyl (C=O) groups is 1. The molecule has 0 unspecified atom stereocenters. The molecule has 4 nitrogen and oxygen atoms in total. The van der Waals surface area contributed by atoms with Crippen molar-refractivity contribution in [3.05, 3.63) is 21.9 Å². The third-order valence-electron chi connectivity index (χ3n) is 3.79. The molecule has 5 heteroatoms. The molecule has 2 heterocycles. The largest absolute Gasteiger partial charge is 0.385 e. The zero-order valence-electron chi connectivity index (χ0n) is 12.4. The van der Waals surface area contributed by atoms with E-state index in [4.69, 9.17) is 4.74 Å². The average molecular weight is 296 g/mol. The van der Waals surface area contributed by atoms with E-state index in [-0.39, 0.29) is 5.91 Å². The van der Waals surface area contributed by atoms with Crippen LogP contribution in [0.3, 0.4) is 0 Å². The summed E-state index contributed by atoms with van der Waals surface area (Å²) in [5.74, 6) is 0.123. The topological polar surface area (TPSA) is 41.6 Å². The Balaban J connectivity index is 1.85. The lowest BCUT2D eigenvalue weighted by molar-refractivity contribution is -0.123. The fourth-order valence-electron chi connectivity index (χ4n) is 2.80. The van der Waals surface area contributed by atoms with Crippen LogP contribution in [0.25, 0.3) is 0 Å². The Kier molecular flexibility index (Phi) is 6.01. The van der Waals surface area contributed by atoms with Crippen LogP contribution in [0, 0.1) is 0 Å². The Morgan fingerprint density at radius 1 is 1.60 bits per heavy atom. The van der Waals surface area contributed by atoms with Crippen LogP contribution in [0.2, 0.25) is 0 Å². The summed E-state index contributed by atoms with van der Waals surface area (Å²) in [7, 11) is 1.68. The number of hydrogen-bond acceptors (Lipinski definition) is 4. The van der Waals surface area contributed by atoms with Crippen molar-refractivity contribution in [2.75, 3.05) is 33.4 Å². The third kappa shape index (κ3) is 3.81. The maximum atomic E-state index is 12.0. The lowest BCUT2D eigenvalue weighted by Gasteiger charge is -2.34. The predicted octanol–water partition coefficient (Wildman–Crippen LogP) is 2.21. The second-order valence-electron chi connectivity index (χ2n) is 5.14. The van der Waals surface area contributed by atoms with Gasteiger partial charge in [-0.15, -0.1) is 11.3 Å². The van der Waals surface area contributed by atoms with E-state index in [0.717, 1.165) is 25.8 Å². The molecule has 1 amide bonds. The lowest BCUT2D eigenvalue weighted by Crippen LogP contribution is -2.42. The van der Waals surface area contributed by atoms with Crippen molar-refractivity contribution in [1.29, 1.82) is 0 Å². The Morgan fingerprint density at radius 2 is 2.45 bits per heavy atom. The summed E-state index contributed by atoms with van der Waals surface area (Å²) in [4.78, 5) is 15.8. The first-order chi connectivity index (χ1) is 9.76. The number of methoxy groups -OCH3 is 1. The standard InChI is InChI=1S/C15H24N2O2S/c1-3-13-12-6-10-20-14(12)5-8-17(13)11-15(18)16-7-4-9-19-2/h6,10,13H,3-5,7-9,11H2,1-2H3,(H,16,18)/t13-/m1/s1. The first kappa shape index (κ1) is 15.5. The summed E-state index contributed by atoms with van der Waals surface area (Å²) in [6.45, 7) is 5.07. The van der Waals surface area contributed by atoms with Gasteiger partial charge in [0.05, 0.1) is 6.54 Å². The minimum absolute atomic E-state index is 0.123. The van der Waals surface area contributed by atoms with Crippen LogP contribution in [0.1, 0.15) is 36.2 Å². The number of fused-ring (bicyclic) bond motifs is 1. The normalized spacial score (nSPS) is 18.8. The van der Waals surface area contributed by atoms with E-state index in [1.54, 1.807) is 7.11 Å². The van der Waals surface area contributed by atoms with Crippen molar-refractivity contribution in [2.24, 2.45) is 0 Å². The zero-order valence-corrected chi connectivity index (χ0v) is 13.2. The summed E-state index contributed by atoms with van der Waals surface area (Å²) in [5, 5.41) is 5.14. The van der Waals surface area contributed by atoms with Gasteiger partial charge in [-0.25, -0.2) is 0 Å². The molecule has 20 heavy (non-hydrogen) atoms. The van der Waals surface area contributed by atoms with E-state index in [0.29, 0.717) is 25.7 Å². The summed E-state index contributed by atoms with van der Waals surface area (Å²) in [6.07, 6.45) is 3.00. The second-order valence-corrected chi connectivity index (χ2v) is 6.14. The van der Waals surface area contributed by atoms with Gasteiger partial charge in [0.25, 0.3) is 0 Å². The smallest absolute Gasteiger partial charge is 0.234 e. The second kappa shape index (κ2) is 7.76. The van der Waals surface area contributed by atoms with Gasteiger partial charge in [-0.3, -0.25) is 9.69 Å². The van der Waals surface area contributed by atoms with Crippen LogP contribution < -0.4 is 5.32 Å². The molecule has 0 fully saturated rings. The lowest BCUT2D eigenvalue weighted by atomic mass is 9.98. The molecule has 0 spiro atoms. The van der Waals surface area contributed by atoms with E-state index < -0.39 is 0 Å². The van der Waals surface area contributed by atoms with Crippen LogP contribution in [0.5, 0.6) is 0 Å². The van der Waals surface area contributed by atoms with E-state index in [1.165, 1.54) is 10.4 Å². The molecule has 1 N–H and O–H groups in total. The fraction of sp³-hybridized carbons (Fsp3) is 0.667. The first-order valence-electron chi connectivity index (χ1n) is 7.32. The number of thiophene rings is 1. The molecular formula is C15H24N2O2S.